The Kier molecular flexibility index (Phi) is 6.71. The van der Waals surface area contributed by atoms with Gasteiger partial charge in [-0.15, -0.1) is 0 Å². The summed E-state index contributed by atoms with van der Waals surface area (Å²) < 4.78 is 18.8. The van der Waals surface area contributed by atoms with Gasteiger partial charge in [0.15, 0.2) is 5.82 Å². The first-order valence-electron chi connectivity index (χ1n) is 10.4. The fourth-order valence-corrected chi connectivity index (χ4v) is 3.43. The highest BCUT2D eigenvalue weighted by atomic mass is 19.1. The van der Waals surface area contributed by atoms with E-state index in [4.69, 9.17) is 4.74 Å². The number of aliphatic hydroxyl groups is 1. The third kappa shape index (κ3) is 5.26. The van der Waals surface area contributed by atoms with E-state index in [-0.39, 0.29) is 18.7 Å². The van der Waals surface area contributed by atoms with Crippen molar-refractivity contribution < 1.29 is 14.2 Å². The van der Waals surface area contributed by atoms with Gasteiger partial charge in [0.1, 0.15) is 5.82 Å². The molecule has 0 amide bonds. The zero-order chi connectivity index (χ0) is 22.5. The second-order valence-corrected chi connectivity index (χ2v) is 7.55. The molecule has 32 heavy (non-hydrogen) atoms. The van der Waals surface area contributed by atoms with E-state index in [0.717, 1.165) is 5.69 Å². The first-order valence-corrected chi connectivity index (χ1v) is 10.4. The highest BCUT2D eigenvalue weighted by molar-refractivity contribution is 5.53. The van der Waals surface area contributed by atoms with Crippen LogP contribution >= 0.6 is 0 Å². The molecule has 1 unspecified atom stereocenters. The van der Waals surface area contributed by atoms with Gasteiger partial charge in [0, 0.05) is 24.9 Å². The van der Waals surface area contributed by atoms with Crippen molar-refractivity contribution >= 4 is 23.7 Å². The number of nitrogens with one attached hydrogen (secondary N) is 3. The molecule has 0 spiro atoms. The lowest BCUT2D eigenvalue weighted by Crippen LogP contribution is -2.47. The van der Waals surface area contributed by atoms with Crippen LogP contribution in [0.15, 0.2) is 24.4 Å². The van der Waals surface area contributed by atoms with Crippen LogP contribution in [0.25, 0.3) is 0 Å². The summed E-state index contributed by atoms with van der Waals surface area (Å²) in [6, 6.07) is 4.48. The lowest BCUT2D eigenvalue weighted by molar-refractivity contribution is 0.0841. The number of halogens is 1. The molecule has 11 nitrogen and oxygen atoms in total. The van der Waals surface area contributed by atoms with E-state index in [1.54, 1.807) is 6.07 Å². The minimum Gasteiger partial charge on any atom is -0.396 e. The summed E-state index contributed by atoms with van der Waals surface area (Å²) in [5, 5.41) is 22.8. The second-order valence-electron chi connectivity index (χ2n) is 7.55. The van der Waals surface area contributed by atoms with Crippen LogP contribution in [0.1, 0.15) is 30.8 Å². The molecule has 12 heteroatoms. The van der Waals surface area contributed by atoms with Crippen molar-refractivity contribution in [1.29, 1.82) is 0 Å². The highest BCUT2D eigenvalue weighted by Gasteiger charge is 2.26. The van der Waals surface area contributed by atoms with Crippen LogP contribution in [0.4, 0.5) is 28.1 Å². The predicted octanol–water partition coefficient (Wildman–Crippen LogP) is 1.94. The Morgan fingerprint density at radius 1 is 1.31 bits per heavy atom. The first-order chi connectivity index (χ1) is 15.5. The van der Waals surface area contributed by atoms with Crippen molar-refractivity contribution in [1.82, 2.24) is 30.1 Å². The molecule has 1 fully saturated rings. The molecular formula is C20H26FN9O2. The zero-order valence-corrected chi connectivity index (χ0v) is 17.9. The Hall–Kier alpha value is -3.38. The van der Waals surface area contributed by atoms with Crippen LogP contribution in [-0.4, -0.2) is 67.6 Å². The van der Waals surface area contributed by atoms with Gasteiger partial charge in [-0.3, -0.25) is 10.1 Å². The van der Waals surface area contributed by atoms with Gasteiger partial charge in [-0.05, 0) is 32.4 Å². The molecule has 0 aromatic carbocycles. The maximum Gasteiger partial charge on any atom is 0.235 e. The Bertz CT molecular complexity index is 1030. The largest absolute Gasteiger partial charge is 0.396 e. The van der Waals surface area contributed by atoms with Gasteiger partial charge < -0.3 is 25.4 Å². The quantitative estimate of drug-likeness (QED) is 0.409. The van der Waals surface area contributed by atoms with Crippen LogP contribution in [0.5, 0.6) is 0 Å². The Morgan fingerprint density at radius 3 is 2.88 bits per heavy atom. The molecule has 2 atom stereocenters. The minimum absolute atomic E-state index is 0.0334. The number of hydrogen-bond donors (Lipinski definition) is 4. The summed E-state index contributed by atoms with van der Waals surface area (Å²) in [5.74, 6) is 1.28. The molecule has 170 valence electrons. The lowest BCUT2D eigenvalue weighted by atomic mass is 10.2. The molecule has 3 aromatic heterocycles. The fourth-order valence-electron chi connectivity index (χ4n) is 3.43. The number of nitrogens with zero attached hydrogens (tertiary/aromatic N) is 6. The number of aromatic nitrogens is 6. The molecule has 4 rings (SSSR count). The zero-order valence-electron chi connectivity index (χ0n) is 17.9. The van der Waals surface area contributed by atoms with Crippen molar-refractivity contribution in [3.63, 3.8) is 0 Å². The van der Waals surface area contributed by atoms with Gasteiger partial charge in [-0.25, -0.2) is 4.39 Å². The molecule has 4 heterocycles. The van der Waals surface area contributed by atoms with Gasteiger partial charge in [0.2, 0.25) is 17.8 Å². The molecule has 1 aliphatic heterocycles. The topological polar surface area (TPSA) is 137 Å². The molecule has 3 aromatic rings. The average molecular weight is 443 g/mol. The highest BCUT2D eigenvalue weighted by Crippen LogP contribution is 2.23. The number of pyridine rings is 1. The molecule has 1 aliphatic rings. The van der Waals surface area contributed by atoms with E-state index >= 15 is 0 Å². The number of H-pyrrole nitrogens is 1. The monoisotopic (exact) mass is 443 g/mol. The SMILES string of the molecule is Cc1cc(Nc2nc(N[C@@H](C)c3ccc(F)cn3)nc(N3CCOCC3CCO)n2)n[nH]1. The van der Waals surface area contributed by atoms with Crippen LogP contribution < -0.4 is 15.5 Å². The molecule has 0 radical (unpaired) electrons. The summed E-state index contributed by atoms with van der Waals surface area (Å²) in [6.07, 6.45) is 1.71. The average Bonchev–Trinajstić information content (AvgIpc) is 3.19. The van der Waals surface area contributed by atoms with Gasteiger partial charge in [-0.1, -0.05) is 0 Å². The Labute approximate surface area is 184 Å². The van der Waals surface area contributed by atoms with E-state index in [1.165, 1.54) is 12.3 Å². The van der Waals surface area contributed by atoms with E-state index in [1.807, 2.05) is 24.8 Å². The molecule has 0 bridgehead atoms. The molecule has 0 aliphatic carbocycles. The summed E-state index contributed by atoms with van der Waals surface area (Å²) in [6.45, 7) is 5.42. The Morgan fingerprint density at radius 2 is 2.16 bits per heavy atom. The van der Waals surface area contributed by atoms with Crippen LogP contribution in [0.2, 0.25) is 0 Å². The standard InChI is InChI=1S/C20H26FN9O2/c1-12-9-17(29-28-12)24-19-25-18(23-13(2)16-4-3-14(21)10-22-16)26-20(27-19)30-6-8-32-11-15(30)5-7-31/h3-4,9-10,13,15,31H,5-8,11H2,1-2H3,(H3,23,24,25,26,27,28,29)/t13-,15?/m0/s1. The van der Waals surface area contributed by atoms with Crippen molar-refractivity contribution in [2.24, 2.45) is 0 Å². The minimum atomic E-state index is -0.397. The fraction of sp³-hybridized carbons (Fsp3) is 0.450. The number of morpholine rings is 1. The van der Waals surface area contributed by atoms with E-state index < -0.39 is 5.82 Å². The third-order valence-electron chi connectivity index (χ3n) is 5.06. The number of aromatic amines is 1. The predicted molar refractivity (Wildman–Crippen MR) is 116 cm³/mol. The van der Waals surface area contributed by atoms with Crippen molar-refractivity contribution in [2.75, 3.05) is 41.9 Å². The van der Waals surface area contributed by atoms with Crippen LogP contribution in [0, 0.1) is 12.7 Å². The molecule has 4 N–H and O–H groups in total. The van der Waals surface area contributed by atoms with Crippen LogP contribution in [0.3, 0.4) is 0 Å². The number of aliphatic hydroxyl groups excluding tert-OH is 1. The number of rotatable bonds is 8. The number of aryl methyl sites for hydroxylation is 1. The summed E-state index contributed by atoms with van der Waals surface area (Å²) in [7, 11) is 0. The maximum atomic E-state index is 13.2. The molecule has 0 saturated carbocycles. The summed E-state index contributed by atoms with van der Waals surface area (Å²) >= 11 is 0. The maximum absolute atomic E-state index is 13.2. The number of ether oxygens (including phenoxy) is 1. The van der Waals surface area contributed by atoms with Crippen molar-refractivity contribution in [3.8, 4) is 0 Å². The normalized spacial score (nSPS) is 17.2. The van der Waals surface area contributed by atoms with E-state index in [0.29, 0.717) is 55.5 Å². The molecular weight excluding hydrogens is 417 g/mol. The van der Waals surface area contributed by atoms with E-state index in [2.05, 4.69) is 40.8 Å². The van der Waals surface area contributed by atoms with Gasteiger partial charge in [0.05, 0.1) is 37.2 Å². The Balaban J connectivity index is 1.63. The third-order valence-corrected chi connectivity index (χ3v) is 5.06. The first kappa shape index (κ1) is 21.8. The van der Waals surface area contributed by atoms with Gasteiger partial charge in [0.25, 0.3) is 0 Å². The molecule has 1 saturated heterocycles. The number of anilines is 4. The van der Waals surface area contributed by atoms with Crippen molar-refractivity contribution in [3.05, 3.63) is 41.6 Å². The summed E-state index contributed by atoms with van der Waals surface area (Å²) in [5.41, 5.74) is 1.54. The lowest BCUT2D eigenvalue weighted by Gasteiger charge is -2.35. The van der Waals surface area contributed by atoms with Crippen molar-refractivity contribution in [2.45, 2.75) is 32.4 Å². The van der Waals surface area contributed by atoms with Gasteiger partial charge in [-0.2, -0.15) is 20.1 Å². The van der Waals surface area contributed by atoms with Crippen LogP contribution in [-0.2, 0) is 4.74 Å². The summed E-state index contributed by atoms with van der Waals surface area (Å²) in [4.78, 5) is 19.8. The second kappa shape index (κ2) is 9.83. The van der Waals surface area contributed by atoms with E-state index in [9.17, 15) is 9.50 Å². The smallest absolute Gasteiger partial charge is 0.235 e. The number of hydrogen-bond acceptors (Lipinski definition) is 10. The van der Waals surface area contributed by atoms with Gasteiger partial charge >= 0.3 is 0 Å².